The quantitative estimate of drug-likeness (QED) is 0.463. The van der Waals surface area contributed by atoms with Crippen LogP contribution in [0.4, 0.5) is 17.6 Å². The van der Waals surface area contributed by atoms with Crippen LogP contribution in [0.5, 0.6) is 5.75 Å². The molecule has 0 aliphatic carbocycles. The van der Waals surface area contributed by atoms with E-state index in [1.165, 1.54) is 52.1 Å². The molecule has 2 aromatic heterocycles. The molecule has 4 rings (SSSR count). The summed E-state index contributed by atoms with van der Waals surface area (Å²) in [6.45, 7) is 0.126. The molecule has 0 bridgehead atoms. The van der Waals surface area contributed by atoms with Crippen LogP contribution in [0.15, 0.2) is 65.8 Å². The van der Waals surface area contributed by atoms with E-state index in [0.717, 1.165) is 12.1 Å². The monoisotopic (exact) mass is 418 g/mol. The van der Waals surface area contributed by atoms with Crippen LogP contribution in [-0.4, -0.2) is 25.9 Å². The van der Waals surface area contributed by atoms with Crippen molar-refractivity contribution in [1.29, 1.82) is 0 Å². The highest BCUT2D eigenvalue weighted by atomic mass is 19.4. The van der Waals surface area contributed by atoms with Gasteiger partial charge >= 0.3 is 6.18 Å². The fraction of sp³-hybridized carbons (Fsp3) is 0.150. The number of alkyl halides is 3. The third kappa shape index (κ3) is 3.76. The highest BCUT2D eigenvalue weighted by Gasteiger charge is 2.30. The van der Waals surface area contributed by atoms with Crippen molar-refractivity contribution in [2.24, 2.45) is 0 Å². The van der Waals surface area contributed by atoms with Gasteiger partial charge in [0, 0.05) is 0 Å². The summed E-state index contributed by atoms with van der Waals surface area (Å²) in [5.74, 6) is -0.447. The lowest BCUT2D eigenvalue weighted by atomic mass is 10.2. The standard InChI is InChI=1S/C20H14F4N4O2/c21-16-6-1-2-7-17(16)30-9-8-27-12-25-18-15(19(27)29)11-26-28(18)14-5-3-4-13(10-14)20(22,23)24/h1-7,10-12H,8-9H2. The number of rotatable bonds is 5. The minimum Gasteiger partial charge on any atom is -0.489 e. The van der Waals surface area contributed by atoms with Gasteiger partial charge in [0.25, 0.3) is 5.56 Å². The number of halogens is 4. The number of fused-ring (bicyclic) bond motifs is 1. The maximum Gasteiger partial charge on any atom is 0.416 e. The van der Waals surface area contributed by atoms with Crippen molar-refractivity contribution >= 4 is 11.0 Å². The Bertz CT molecular complexity index is 1260. The van der Waals surface area contributed by atoms with Gasteiger partial charge in [-0.3, -0.25) is 9.36 Å². The zero-order valence-corrected chi connectivity index (χ0v) is 15.3. The molecule has 0 aliphatic heterocycles. The number of aromatic nitrogens is 4. The van der Waals surface area contributed by atoms with Gasteiger partial charge in [0.15, 0.2) is 17.2 Å². The molecule has 154 valence electrons. The van der Waals surface area contributed by atoms with Crippen molar-refractivity contribution in [3.8, 4) is 11.4 Å². The van der Waals surface area contributed by atoms with Gasteiger partial charge in [0.05, 0.1) is 24.0 Å². The van der Waals surface area contributed by atoms with E-state index >= 15 is 0 Å². The van der Waals surface area contributed by atoms with E-state index in [2.05, 4.69) is 10.1 Å². The first-order valence-corrected chi connectivity index (χ1v) is 8.83. The summed E-state index contributed by atoms with van der Waals surface area (Å²) in [6.07, 6.45) is -2.00. The Balaban J connectivity index is 1.59. The predicted octanol–water partition coefficient (Wildman–Crippen LogP) is 3.82. The molecule has 0 radical (unpaired) electrons. The summed E-state index contributed by atoms with van der Waals surface area (Å²) in [5.41, 5.74) is -1.00. The van der Waals surface area contributed by atoms with Gasteiger partial charge in [-0.1, -0.05) is 18.2 Å². The summed E-state index contributed by atoms with van der Waals surface area (Å²) >= 11 is 0. The second-order valence-corrected chi connectivity index (χ2v) is 6.36. The average Bonchev–Trinajstić information content (AvgIpc) is 3.15. The molecule has 0 amide bonds. The summed E-state index contributed by atoms with van der Waals surface area (Å²) in [4.78, 5) is 16.8. The maximum atomic E-state index is 13.6. The molecule has 0 aliphatic rings. The summed E-state index contributed by atoms with van der Waals surface area (Å²) in [5, 5.41) is 4.16. The van der Waals surface area contributed by atoms with Crippen LogP contribution >= 0.6 is 0 Å². The van der Waals surface area contributed by atoms with Gasteiger partial charge in [-0.2, -0.15) is 18.3 Å². The van der Waals surface area contributed by atoms with Gasteiger partial charge in [-0.15, -0.1) is 0 Å². The topological polar surface area (TPSA) is 61.9 Å². The Morgan fingerprint density at radius 3 is 2.63 bits per heavy atom. The van der Waals surface area contributed by atoms with Gasteiger partial charge in [-0.05, 0) is 30.3 Å². The molecule has 0 N–H and O–H groups in total. The van der Waals surface area contributed by atoms with E-state index in [4.69, 9.17) is 4.74 Å². The van der Waals surface area contributed by atoms with Crippen molar-refractivity contribution in [3.05, 3.63) is 82.8 Å². The lowest BCUT2D eigenvalue weighted by Gasteiger charge is -2.10. The van der Waals surface area contributed by atoms with Crippen LogP contribution in [-0.2, 0) is 12.7 Å². The smallest absolute Gasteiger partial charge is 0.416 e. The molecule has 4 aromatic rings. The predicted molar refractivity (Wildman–Crippen MR) is 100 cm³/mol. The fourth-order valence-electron chi connectivity index (χ4n) is 2.93. The van der Waals surface area contributed by atoms with Crippen LogP contribution in [0.2, 0.25) is 0 Å². The lowest BCUT2D eigenvalue weighted by Crippen LogP contribution is -2.23. The van der Waals surface area contributed by atoms with Gasteiger partial charge in [0.2, 0.25) is 0 Å². The molecular weight excluding hydrogens is 404 g/mol. The molecule has 6 nitrogen and oxygen atoms in total. The van der Waals surface area contributed by atoms with Crippen molar-refractivity contribution in [1.82, 2.24) is 19.3 Å². The van der Waals surface area contributed by atoms with Crippen molar-refractivity contribution in [3.63, 3.8) is 0 Å². The fourth-order valence-corrected chi connectivity index (χ4v) is 2.93. The number of benzene rings is 2. The molecule has 2 aromatic carbocycles. The van der Waals surface area contributed by atoms with Crippen LogP contribution in [0.1, 0.15) is 5.56 Å². The zero-order valence-electron chi connectivity index (χ0n) is 15.3. The summed E-state index contributed by atoms with van der Waals surface area (Å²) in [6, 6.07) is 10.5. The third-order valence-electron chi connectivity index (χ3n) is 4.40. The van der Waals surface area contributed by atoms with Crippen molar-refractivity contribution in [2.75, 3.05) is 6.61 Å². The second-order valence-electron chi connectivity index (χ2n) is 6.36. The normalized spacial score (nSPS) is 11.7. The van der Waals surface area contributed by atoms with Crippen LogP contribution < -0.4 is 10.3 Å². The number of hydrogen-bond donors (Lipinski definition) is 0. The number of para-hydroxylation sites is 1. The minimum absolute atomic E-state index is 0.0236. The van der Waals surface area contributed by atoms with E-state index in [-0.39, 0.29) is 35.6 Å². The average molecular weight is 418 g/mol. The molecule has 0 saturated heterocycles. The van der Waals surface area contributed by atoms with Crippen molar-refractivity contribution in [2.45, 2.75) is 12.7 Å². The molecular formula is C20H14F4N4O2. The molecule has 0 atom stereocenters. The third-order valence-corrected chi connectivity index (χ3v) is 4.40. The highest BCUT2D eigenvalue weighted by Crippen LogP contribution is 2.30. The number of ether oxygens (including phenoxy) is 1. The Hall–Kier alpha value is -3.69. The zero-order chi connectivity index (χ0) is 21.3. The van der Waals surface area contributed by atoms with Crippen LogP contribution in [0, 0.1) is 5.82 Å². The highest BCUT2D eigenvalue weighted by molar-refractivity contribution is 5.75. The van der Waals surface area contributed by atoms with E-state index in [1.54, 1.807) is 6.07 Å². The molecule has 0 saturated carbocycles. The number of nitrogens with zero attached hydrogens (tertiary/aromatic N) is 4. The van der Waals surface area contributed by atoms with Gasteiger partial charge in [0.1, 0.15) is 18.3 Å². The van der Waals surface area contributed by atoms with E-state index in [9.17, 15) is 22.4 Å². The molecule has 10 heteroatoms. The molecule has 2 heterocycles. The van der Waals surface area contributed by atoms with Crippen LogP contribution in [0.25, 0.3) is 16.7 Å². The SMILES string of the molecule is O=c1c2cnn(-c3cccc(C(F)(F)F)c3)c2ncn1CCOc1ccccc1F. The summed E-state index contributed by atoms with van der Waals surface area (Å²) in [7, 11) is 0. The van der Waals surface area contributed by atoms with E-state index < -0.39 is 23.1 Å². The summed E-state index contributed by atoms with van der Waals surface area (Å²) < 4.78 is 60.3. The number of hydrogen-bond acceptors (Lipinski definition) is 4. The van der Waals surface area contributed by atoms with E-state index in [0.29, 0.717) is 0 Å². The van der Waals surface area contributed by atoms with E-state index in [1.807, 2.05) is 0 Å². The Morgan fingerprint density at radius 2 is 1.87 bits per heavy atom. The minimum atomic E-state index is -4.50. The largest absolute Gasteiger partial charge is 0.489 e. The van der Waals surface area contributed by atoms with Crippen molar-refractivity contribution < 1.29 is 22.3 Å². The molecule has 0 spiro atoms. The Labute approximate surface area is 167 Å². The first kappa shape index (κ1) is 19.6. The molecule has 0 unspecified atom stereocenters. The van der Waals surface area contributed by atoms with Gasteiger partial charge < -0.3 is 4.74 Å². The lowest BCUT2D eigenvalue weighted by molar-refractivity contribution is -0.137. The Morgan fingerprint density at radius 1 is 1.07 bits per heavy atom. The first-order valence-electron chi connectivity index (χ1n) is 8.83. The first-order chi connectivity index (χ1) is 14.3. The second kappa shape index (κ2) is 7.62. The Kier molecular flexibility index (Phi) is 4.98. The maximum absolute atomic E-state index is 13.6. The van der Waals surface area contributed by atoms with Crippen LogP contribution in [0.3, 0.4) is 0 Å². The van der Waals surface area contributed by atoms with Gasteiger partial charge in [-0.25, -0.2) is 14.1 Å². The molecule has 30 heavy (non-hydrogen) atoms. The molecule has 0 fully saturated rings.